The second kappa shape index (κ2) is 11.5. The molecule has 3 aromatic carbocycles. The number of thioether (sulfide) groups is 1. The first-order valence-corrected chi connectivity index (χ1v) is 13.8. The summed E-state index contributed by atoms with van der Waals surface area (Å²) in [7, 11) is 3.15. The van der Waals surface area contributed by atoms with Crippen molar-refractivity contribution in [2.24, 2.45) is 0 Å². The molecule has 0 aromatic heterocycles. The first-order chi connectivity index (χ1) is 19.3. The Morgan fingerprint density at radius 2 is 1.70 bits per heavy atom. The normalized spacial score (nSPS) is 16.4. The van der Waals surface area contributed by atoms with Crippen molar-refractivity contribution in [2.75, 3.05) is 37.5 Å². The van der Waals surface area contributed by atoms with Crippen LogP contribution in [0.3, 0.4) is 0 Å². The third-order valence-electron chi connectivity index (χ3n) is 6.68. The standard InChI is InChI=1S/C30H27N3O5S2/c1-18-7-6-8-20(15-18)31-25(34)17-33-22-10-5-4-9-21(22)26(28(33)35)27-29(36)32(30(39)40-27)14-13-19-11-12-23(37-2)24(16-19)38-3/h4-12,15-16H,13-14,17H2,1-3H3,(H,31,34). The second-order valence-corrected chi connectivity index (χ2v) is 10.9. The van der Waals surface area contributed by atoms with Crippen LogP contribution in [0.15, 0.2) is 71.6 Å². The average molecular weight is 574 g/mol. The number of amides is 3. The van der Waals surface area contributed by atoms with Gasteiger partial charge in [-0.15, -0.1) is 0 Å². The molecule has 0 atom stereocenters. The van der Waals surface area contributed by atoms with Gasteiger partial charge in [-0.05, 0) is 54.8 Å². The SMILES string of the molecule is COc1ccc(CCN2C(=O)C(=C3C(=O)N(CC(=O)Nc4cccc(C)c4)c4ccccc43)SC2=S)cc1OC. The summed E-state index contributed by atoms with van der Waals surface area (Å²) in [6, 6.07) is 20.2. The lowest BCUT2D eigenvalue weighted by molar-refractivity contribution is -0.122. The Morgan fingerprint density at radius 1 is 0.925 bits per heavy atom. The maximum atomic E-state index is 13.7. The number of rotatable bonds is 8. The summed E-state index contributed by atoms with van der Waals surface area (Å²) in [5, 5.41) is 2.85. The lowest BCUT2D eigenvalue weighted by Gasteiger charge is -2.17. The van der Waals surface area contributed by atoms with E-state index in [2.05, 4.69) is 5.32 Å². The quantitative estimate of drug-likeness (QED) is 0.306. The van der Waals surface area contributed by atoms with Crippen molar-refractivity contribution in [3.63, 3.8) is 0 Å². The Hall–Kier alpha value is -4.15. The summed E-state index contributed by atoms with van der Waals surface area (Å²) in [6.45, 7) is 2.09. The predicted molar refractivity (Wildman–Crippen MR) is 161 cm³/mol. The highest BCUT2D eigenvalue weighted by atomic mass is 32.2. The molecule has 0 bridgehead atoms. The molecular formula is C30H27N3O5S2. The van der Waals surface area contributed by atoms with E-state index < -0.39 is 5.91 Å². The zero-order valence-corrected chi connectivity index (χ0v) is 23.9. The molecule has 2 heterocycles. The molecule has 0 radical (unpaired) electrons. The topological polar surface area (TPSA) is 88.2 Å². The van der Waals surface area contributed by atoms with Crippen LogP contribution in [-0.2, 0) is 20.8 Å². The first kappa shape index (κ1) is 27.4. The van der Waals surface area contributed by atoms with Crippen LogP contribution in [0.5, 0.6) is 11.5 Å². The maximum absolute atomic E-state index is 13.7. The lowest BCUT2D eigenvalue weighted by atomic mass is 10.1. The van der Waals surface area contributed by atoms with E-state index in [4.69, 9.17) is 21.7 Å². The second-order valence-electron chi connectivity index (χ2n) is 9.29. The number of carbonyl (C=O) groups excluding carboxylic acids is 3. The number of ether oxygens (including phenoxy) is 2. The van der Waals surface area contributed by atoms with Crippen LogP contribution in [0.2, 0.25) is 0 Å². The number of nitrogens with one attached hydrogen (secondary N) is 1. The fourth-order valence-electron chi connectivity index (χ4n) is 4.74. The summed E-state index contributed by atoms with van der Waals surface area (Å²) < 4.78 is 11.1. The number of hydrogen-bond donors (Lipinski definition) is 1. The molecule has 40 heavy (non-hydrogen) atoms. The van der Waals surface area contributed by atoms with Crippen molar-refractivity contribution >= 4 is 63.0 Å². The molecule has 1 N–H and O–H groups in total. The highest BCUT2D eigenvalue weighted by Crippen LogP contribution is 2.44. The number of thiocarbonyl (C=S) groups is 1. The molecule has 0 unspecified atom stereocenters. The monoisotopic (exact) mass is 573 g/mol. The van der Waals surface area contributed by atoms with E-state index in [0.29, 0.717) is 45.7 Å². The molecule has 10 heteroatoms. The van der Waals surface area contributed by atoms with Gasteiger partial charge in [0.2, 0.25) is 5.91 Å². The number of hydrogen-bond acceptors (Lipinski definition) is 7. The number of carbonyl (C=O) groups is 3. The molecular weight excluding hydrogens is 546 g/mol. The largest absolute Gasteiger partial charge is 0.493 e. The van der Waals surface area contributed by atoms with Gasteiger partial charge in [0, 0.05) is 17.8 Å². The van der Waals surface area contributed by atoms with Gasteiger partial charge in [-0.2, -0.15) is 0 Å². The maximum Gasteiger partial charge on any atom is 0.267 e. The summed E-state index contributed by atoms with van der Waals surface area (Å²) in [6.07, 6.45) is 0.533. The summed E-state index contributed by atoms with van der Waals surface area (Å²) in [5.74, 6) is 0.169. The summed E-state index contributed by atoms with van der Waals surface area (Å²) >= 11 is 6.67. The zero-order valence-electron chi connectivity index (χ0n) is 22.2. The molecule has 1 saturated heterocycles. The molecule has 5 rings (SSSR count). The number of para-hydroxylation sites is 1. The van der Waals surface area contributed by atoms with Crippen LogP contribution < -0.4 is 19.7 Å². The van der Waals surface area contributed by atoms with Crippen LogP contribution in [0, 0.1) is 6.92 Å². The van der Waals surface area contributed by atoms with Gasteiger partial charge in [0.05, 0.1) is 30.4 Å². The fourth-order valence-corrected chi connectivity index (χ4v) is 6.12. The molecule has 0 spiro atoms. The van der Waals surface area contributed by atoms with Crippen molar-refractivity contribution in [3.05, 3.63) is 88.3 Å². The van der Waals surface area contributed by atoms with E-state index in [0.717, 1.165) is 22.9 Å². The van der Waals surface area contributed by atoms with E-state index in [1.54, 1.807) is 44.6 Å². The zero-order chi connectivity index (χ0) is 28.4. The predicted octanol–water partition coefficient (Wildman–Crippen LogP) is 4.81. The van der Waals surface area contributed by atoms with Crippen molar-refractivity contribution in [2.45, 2.75) is 13.3 Å². The van der Waals surface area contributed by atoms with Gasteiger partial charge in [-0.25, -0.2) is 0 Å². The number of methoxy groups -OCH3 is 2. The molecule has 3 amide bonds. The van der Waals surface area contributed by atoms with Crippen molar-refractivity contribution in [1.29, 1.82) is 0 Å². The highest BCUT2D eigenvalue weighted by Gasteiger charge is 2.42. The Labute approximate surface area is 241 Å². The molecule has 2 aliphatic rings. The van der Waals surface area contributed by atoms with Gasteiger partial charge in [-0.1, -0.05) is 60.4 Å². The number of nitrogens with zero attached hydrogens (tertiary/aromatic N) is 2. The Kier molecular flexibility index (Phi) is 7.90. The third-order valence-corrected chi connectivity index (χ3v) is 8.12. The van der Waals surface area contributed by atoms with E-state index >= 15 is 0 Å². The summed E-state index contributed by atoms with van der Waals surface area (Å²) in [4.78, 5) is 43.4. The van der Waals surface area contributed by atoms with E-state index in [9.17, 15) is 14.4 Å². The number of benzene rings is 3. The third kappa shape index (κ3) is 5.32. The minimum absolute atomic E-state index is 0.188. The van der Waals surface area contributed by atoms with Gasteiger partial charge in [0.15, 0.2) is 11.5 Å². The molecule has 204 valence electrons. The minimum Gasteiger partial charge on any atom is -0.493 e. The molecule has 0 aliphatic carbocycles. The van der Waals surface area contributed by atoms with Gasteiger partial charge in [0.25, 0.3) is 11.8 Å². The smallest absolute Gasteiger partial charge is 0.267 e. The molecule has 8 nitrogen and oxygen atoms in total. The molecule has 2 aliphatic heterocycles. The number of aryl methyl sites for hydroxylation is 1. The molecule has 0 saturated carbocycles. The van der Waals surface area contributed by atoms with E-state index in [1.807, 2.05) is 43.3 Å². The highest BCUT2D eigenvalue weighted by molar-refractivity contribution is 8.26. The van der Waals surface area contributed by atoms with Gasteiger partial charge < -0.3 is 14.8 Å². The summed E-state index contributed by atoms with van der Waals surface area (Å²) in [5.41, 5.74) is 4.07. The fraction of sp³-hybridized carbons (Fsp3) is 0.200. The van der Waals surface area contributed by atoms with E-state index in [-0.39, 0.29) is 28.8 Å². The van der Waals surface area contributed by atoms with Crippen molar-refractivity contribution in [1.82, 2.24) is 4.90 Å². The van der Waals surface area contributed by atoms with E-state index in [1.165, 1.54) is 9.80 Å². The van der Waals surface area contributed by atoms with Gasteiger partial charge >= 0.3 is 0 Å². The van der Waals surface area contributed by atoms with Crippen LogP contribution in [0.25, 0.3) is 5.57 Å². The van der Waals surface area contributed by atoms with Gasteiger partial charge in [-0.3, -0.25) is 24.2 Å². The van der Waals surface area contributed by atoms with Crippen LogP contribution >= 0.6 is 24.0 Å². The number of fused-ring (bicyclic) bond motifs is 1. The average Bonchev–Trinajstić information content (AvgIpc) is 3.38. The lowest BCUT2D eigenvalue weighted by Crippen LogP contribution is -2.35. The Bertz CT molecular complexity index is 1570. The Balaban J connectivity index is 1.36. The van der Waals surface area contributed by atoms with Crippen LogP contribution in [0.4, 0.5) is 11.4 Å². The van der Waals surface area contributed by atoms with Crippen molar-refractivity contribution < 1.29 is 23.9 Å². The van der Waals surface area contributed by atoms with Gasteiger partial charge in [0.1, 0.15) is 10.9 Å². The molecule has 1 fully saturated rings. The van der Waals surface area contributed by atoms with Crippen LogP contribution in [-0.4, -0.2) is 54.3 Å². The first-order valence-electron chi connectivity index (χ1n) is 12.6. The molecule has 3 aromatic rings. The van der Waals surface area contributed by atoms with Crippen LogP contribution in [0.1, 0.15) is 16.7 Å². The minimum atomic E-state index is -0.402. The number of anilines is 2. The van der Waals surface area contributed by atoms with Crippen molar-refractivity contribution in [3.8, 4) is 11.5 Å². The Morgan fingerprint density at radius 3 is 2.45 bits per heavy atom.